The number of anilines is 1. The number of benzene rings is 1. The molecule has 7 nitrogen and oxygen atoms in total. The van der Waals surface area contributed by atoms with Crippen LogP contribution in [0.25, 0.3) is 11.1 Å². The number of urea groups is 1. The molecule has 0 saturated heterocycles. The molecule has 2 heterocycles. The number of rotatable bonds is 3. The lowest BCUT2D eigenvalue weighted by atomic mass is 10.2. The van der Waals surface area contributed by atoms with E-state index in [0.29, 0.717) is 11.1 Å². The first-order valence-corrected chi connectivity index (χ1v) is 7.45. The van der Waals surface area contributed by atoms with E-state index < -0.39 is 17.2 Å². The Morgan fingerprint density at radius 1 is 1.33 bits per heavy atom. The summed E-state index contributed by atoms with van der Waals surface area (Å²) in [6.07, 6.45) is -4.59. The molecule has 24 heavy (non-hydrogen) atoms. The molecule has 1 aromatic carbocycles. The largest absolute Gasteiger partial charge is 0.445 e. The number of amides is 2. The molecule has 0 atom stereocenters. The Morgan fingerprint density at radius 2 is 2.12 bits per heavy atom. The van der Waals surface area contributed by atoms with Gasteiger partial charge in [0.25, 0.3) is 0 Å². The number of aryl methyl sites for hydroxylation is 1. The van der Waals surface area contributed by atoms with Gasteiger partial charge in [-0.25, -0.2) is 9.78 Å². The fourth-order valence-electron chi connectivity index (χ4n) is 1.89. The van der Waals surface area contributed by atoms with E-state index in [2.05, 4.69) is 25.8 Å². The lowest BCUT2D eigenvalue weighted by Gasteiger charge is -2.02. The first kappa shape index (κ1) is 16.2. The SMILES string of the molecule is Cc1cccc2oc(CNC(=O)Nc3nnc(C(F)(F)F)s3)nc12. The van der Waals surface area contributed by atoms with E-state index in [1.54, 1.807) is 6.07 Å². The van der Waals surface area contributed by atoms with Crippen molar-refractivity contribution in [3.63, 3.8) is 0 Å². The van der Waals surface area contributed by atoms with Crippen molar-refractivity contribution < 1.29 is 22.4 Å². The van der Waals surface area contributed by atoms with Gasteiger partial charge in [-0.1, -0.05) is 23.5 Å². The van der Waals surface area contributed by atoms with Gasteiger partial charge >= 0.3 is 12.2 Å². The summed E-state index contributed by atoms with van der Waals surface area (Å²) in [4.78, 5) is 15.9. The fourth-order valence-corrected chi connectivity index (χ4v) is 2.50. The minimum absolute atomic E-state index is 0.0229. The van der Waals surface area contributed by atoms with Gasteiger partial charge in [-0.3, -0.25) is 5.32 Å². The third-order valence-electron chi connectivity index (χ3n) is 2.95. The molecule has 2 amide bonds. The van der Waals surface area contributed by atoms with Gasteiger partial charge in [-0.15, -0.1) is 10.2 Å². The number of hydrogen-bond donors (Lipinski definition) is 2. The molecule has 3 rings (SSSR count). The van der Waals surface area contributed by atoms with Crippen molar-refractivity contribution in [2.45, 2.75) is 19.6 Å². The summed E-state index contributed by atoms with van der Waals surface area (Å²) in [5.41, 5.74) is 2.21. The normalized spacial score (nSPS) is 11.7. The number of para-hydroxylation sites is 1. The van der Waals surface area contributed by atoms with Crippen molar-refractivity contribution >= 4 is 33.6 Å². The Bertz CT molecular complexity index is 889. The molecule has 3 aromatic rings. The zero-order valence-corrected chi connectivity index (χ0v) is 13.0. The van der Waals surface area contributed by atoms with Gasteiger partial charge in [-0.2, -0.15) is 13.2 Å². The minimum Gasteiger partial charge on any atom is -0.439 e. The molecule has 2 N–H and O–H groups in total. The minimum atomic E-state index is -4.59. The maximum atomic E-state index is 12.4. The molecule has 11 heteroatoms. The predicted octanol–water partition coefficient (Wildman–Crippen LogP) is 3.33. The third kappa shape index (κ3) is 3.45. The first-order valence-electron chi connectivity index (χ1n) is 6.63. The van der Waals surface area contributed by atoms with Crippen molar-refractivity contribution in [1.82, 2.24) is 20.5 Å². The number of hydrogen-bond acceptors (Lipinski definition) is 6. The summed E-state index contributed by atoms with van der Waals surface area (Å²) in [7, 11) is 0. The second-order valence-corrected chi connectivity index (χ2v) is 5.72. The Kier molecular flexibility index (Phi) is 4.09. The molecular weight excluding hydrogens is 347 g/mol. The van der Waals surface area contributed by atoms with Crippen LogP contribution in [0.1, 0.15) is 16.5 Å². The molecule has 0 aliphatic heterocycles. The molecule has 2 aromatic heterocycles. The molecule has 0 unspecified atom stereocenters. The van der Waals surface area contributed by atoms with E-state index in [4.69, 9.17) is 4.42 Å². The monoisotopic (exact) mass is 357 g/mol. The number of fused-ring (bicyclic) bond motifs is 1. The van der Waals surface area contributed by atoms with E-state index in [9.17, 15) is 18.0 Å². The van der Waals surface area contributed by atoms with E-state index in [1.807, 2.05) is 19.1 Å². The highest BCUT2D eigenvalue weighted by molar-refractivity contribution is 7.15. The van der Waals surface area contributed by atoms with Gasteiger partial charge in [0, 0.05) is 0 Å². The van der Waals surface area contributed by atoms with Crippen LogP contribution in [0.2, 0.25) is 0 Å². The lowest BCUT2D eigenvalue weighted by molar-refractivity contribution is -0.138. The van der Waals surface area contributed by atoms with Crippen LogP contribution in [-0.2, 0) is 12.7 Å². The third-order valence-corrected chi connectivity index (χ3v) is 3.84. The highest BCUT2D eigenvalue weighted by atomic mass is 32.1. The topological polar surface area (TPSA) is 92.9 Å². The van der Waals surface area contributed by atoms with E-state index >= 15 is 0 Å². The molecule has 0 radical (unpaired) electrons. The average Bonchev–Trinajstić information content (AvgIpc) is 3.12. The van der Waals surface area contributed by atoms with Crippen molar-refractivity contribution in [2.24, 2.45) is 0 Å². The summed E-state index contributed by atoms with van der Waals surface area (Å²) in [6.45, 7) is 1.85. The van der Waals surface area contributed by atoms with Gasteiger partial charge in [0.1, 0.15) is 5.52 Å². The highest BCUT2D eigenvalue weighted by Crippen LogP contribution is 2.32. The van der Waals surface area contributed by atoms with E-state index in [1.165, 1.54) is 0 Å². The van der Waals surface area contributed by atoms with Crippen molar-refractivity contribution in [2.75, 3.05) is 5.32 Å². The van der Waals surface area contributed by atoms with Crippen molar-refractivity contribution in [3.8, 4) is 0 Å². The smallest absolute Gasteiger partial charge is 0.439 e. The van der Waals surface area contributed by atoms with Gasteiger partial charge in [-0.05, 0) is 18.6 Å². The number of carbonyl (C=O) groups is 1. The summed E-state index contributed by atoms with van der Waals surface area (Å²) in [5, 5.41) is 9.44. The van der Waals surface area contributed by atoms with Crippen LogP contribution >= 0.6 is 11.3 Å². The van der Waals surface area contributed by atoms with Gasteiger partial charge in [0.05, 0.1) is 6.54 Å². The van der Waals surface area contributed by atoms with Crippen LogP contribution in [0.4, 0.5) is 23.1 Å². The zero-order chi connectivity index (χ0) is 17.3. The lowest BCUT2D eigenvalue weighted by Crippen LogP contribution is -2.28. The summed E-state index contributed by atoms with van der Waals surface area (Å²) < 4.78 is 42.7. The van der Waals surface area contributed by atoms with Gasteiger partial charge < -0.3 is 9.73 Å². The Labute approximate surface area is 136 Å². The Hall–Kier alpha value is -2.69. The number of carbonyl (C=O) groups excluding carboxylic acids is 1. The van der Waals surface area contributed by atoms with Gasteiger partial charge in [0.15, 0.2) is 5.58 Å². The van der Waals surface area contributed by atoms with Crippen LogP contribution in [0.5, 0.6) is 0 Å². The summed E-state index contributed by atoms with van der Waals surface area (Å²) in [5.74, 6) is 0.280. The van der Waals surface area contributed by atoms with E-state index in [0.717, 1.165) is 5.56 Å². The summed E-state index contributed by atoms with van der Waals surface area (Å²) >= 11 is 0.237. The van der Waals surface area contributed by atoms with E-state index in [-0.39, 0.29) is 28.9 Å². The number of oxazole rings is 1. The molecule has 0 bridgehead atoms. The molecule has 0 aliphatic rings. The second-order valence-electron chi connectivity index (χ2n) is 4.75. The number of aromatic nitrogens is 3. The maximum Gasteiger partial charge on any atom is 0.445 e. The second kappa shape index (κ2) is 6.07. The summed E-state index contributed by atoms with van der Waals surface area (Å²) in [6, 6.07) is 4.71. The van der Waals surface area contributed by atoms with Crippen molar-refractivity contribution in [1.29, 1.82) is 0 Å². The number of nitrogens with zero attached hydrogens (tertiary/aromatic N) is 3. The molecule has 0 aliphatic carbocycles. The van der Waals surface area contributed by atoms with Gasteiger partial charge in [0.2, 0.25) is 16.0 Å². The molecule has 126 valence electrons. The van der Waals surface area contributed by atoms with Crippen LogP contribution in [0, 0.1) is 6.92 Å². The predicted molar refractivity (Wildman–Crippen MR) is 79.5 cm³/mol. The number of nitrogens with one attached hydrogen (secondary N) is 2. The number of alkyl halides is 3. The maximum absolute atomic E-state index is 12.4. The molecular formula is C13H10F3N5O2S. The fraction of sp³-hybridized carbons (Fsp3) is 0.231. The zero-order valence-electron chi connectivity index (χ0n) is 12.1. The average molecular weight is 357 g/mol. The van der Waals surface area contributed by atoms with Crippen LogP contribution in [0.3, 0.4) is 0 Å². The highest BCUT2D eigenvalue weighted by Gasteiger charge is 2.35. The first-order chi connectivity index (χ1) is 11.3. The van der Waals surface area contributed by atoms with Crippen LogP contribution in [-0.4, -0.2) is 21.2 Å². The quantitative estimate of drug-likeness (QED) is 0.750. The van der Waals surface area contributed by atoms with Crippen molar-refractivity contribution in [3.05, 3.63) is 34.7 Å². The van der Waals surface area contributed by atoms with Crippen LogP contribution in [0.15, 0.2) is 22.6 Å². The van der Waals surface area contributed by atoms with Crippen LogP contribution < -0.4 is 10.6 Å². The Balaban J connectivity index is 1.60. The molecule has 0 spiro atoms. The molecule has 0 fully saturated rings. The molecule has 0 saturated carbocycles. The standard InChI is InChI=1S/C13H10F3N5O2S/c1-6-3-2-4-7-9(6)18-8(23-7)5-17-11(22)19-12-21-20-10(24-12)13(14,15)16/h2-4H,5H2,1H3,(H2,17,19,21,22). The Morgan fingerprint density at radius 3 is 2.79 bits per heavy atom. The number of halogens is 3.